The van der Waals surface area contributed by atoms with Crippen molar-refractivity contribution in [3.8, 4) is 0 Å². The normalized spacial score (nSPS) is 12.1. The Kier molecular flexibility index (Phi) is 7.94. The molecule has 0 saturated carbocycles. The lowest BCUT2D eigenvalue weighted by Crippen LogP contribution is -2.45. The van der Waals surface area contributed by atoms with Crippen LogP contribution in [-0.2, 0) is 19.1 Å². The number of ether oxygens (including phenoxy) is 1. The predicted octanol–water partition coefficient (Wildman–Crippen LogP) is 0.0114. The van der Waals surface area contributed by atoms with Crippen LogP contribution >= 0.6 is 0 Å². The first-order valence-electron chi connectivity index (χ1n) is 6.00. The summed E-state index contributed by atoms with van der Waals surface area (Å²) in [5.41, 5.74) is 0. The Morgan fingerprint density at radius 1 is 1.22 bits per heavy atom. The molecular weight excluding hydrogens is 236 g/mol. The van der Waals surface area contributed by atoms with E-state index in [1.807, 2.05) is 0 Å². The van der Waals surface area contributed by atoms with Gasteiger partial charge in [-0.15, -0.1) is 0 Å². The molecule has 0 aliphatic rings. The first-order valence-corrected chi connectivity index (χ1v) is 6.00. The fourth-order valence-corrected chi connectivity index (χ4v) is 1.32. The van der Waals surface area contributed by atoms with Crippen molar-refractivity contribution in [3.05, 3.63) is 0 Å². The van der Waals surface area contributed by atoms with Crippen LogP contribution in [0.15, 0.2) is 0 Å². The van der Waals surface area contributed by atoms with Crippen LogP contribution in [0.3, 0.4) is 0 Å². The summed E-state index contributed by atoms with van der Waals surface area (Å²) in [5.74, 6) is -0.831. The highest BCUT2D eigenvalue weighted by molar-refractivity contribution is 5.86. The molecule has 0 aromatic carbocycles. The smallest absolute Gasteiger partial charge is 0.328 e. The minimum absolute atomic E-state index is 0.0276. The van der Waals surface area contributed by atoms with Gasteiger partial charge in [-0.3, -0.25) is 4.79 Å². The van der Waals surface area contributed by atoms with Crippen LogP contribution in [-0.4, -0.2) is 43.4 Å². The van der Waals surface area contributed by atoms with Crippen LogP contribution in [0.4, 0.5) is 0 Å². The minimum atomic E-state index is -0.767. The molecule has 2 N–H and O–H groups in total. The van der Waals surface area contributed by atoms with Crippen molar-refractivity contribution in [2.75, 3.05) is 13.6 Å². The second kappa shape index (κ2) is 8.63. The van der Waals surface area contributed by atoms with E-state index in [1.54, 1.807) is 20.9 Å². The molecule has 0 bridgehead atoms. The number of carbonyl (C=O) groups excluding carboxylic acids is 3. The Balaban J connectivity index is 4.45. The van der Waals surface area contributed by atoms with Crippen LogP contribution in [0.25, 0.3) is 0 Å². The van der Waals surface area contributed by atoms with E-state index in [0.717, 1.165) is 0 Å². The van der Waals surface area contributed by atoms with Gasteiger partial charge < -0.3 is 20.2 Å². The monoisotopic (exact) mass is 258 g/mol. The molecule has 0 spiro atoms. The molecule has 0 rings (SSSR count). The average Bonchev–Trinajstić information content (AvgIpc) is 2.23. The number of Topliss-reactive ketones (excluding diaryl/α,β-unsaturated/α-hetero) is 1. The molecule has 104 valence electrons. The van der Waals surface area contributed by atoms with Gasteiger partial charge in [0.25, 0.3) is 0 Å². The van der Waals surface area contributed by atoms with Crippen molar-refractivity contribution in [3.63, 3.8) is 0 Å². The third-order valence-corrected chi connectivity index (χ3v) is 2.09. The second-order valence-electron chi connectivity index (χ2n) is 4.38. The van der Waals surface area contributed by atoms with Crippen molar-refractivity contribution in [1.82, 2.24) is 10.6 Å². The highest BCUT2D eigenvalue weighted by Crippen LogP contribution is 2.03. The number of carbonyl (C=O) groups is 3. The molecule has 1 unspecified atom stereocenters. The van der Waals surface area contributed by atoms with Gasteiger partial charge >= 0.3 is 5.97 Å². The van der Waals surface area contributed by atoms with E-state index in [1.165, 1.54) is 6.92 Å². The number of esters is 1. The van der Waals surface area contributed by atoms with Gasteiger partial charge in [-0.1, -0.05) is 0 Å². The minimum Gasteiger partial charge on any atom is -0.461 e. The summed E-state index contributed by atoms with van der Waals surface area (Å²) in [4.78, 5) is 34.1. The summed E-state index contributed by atoms with van der Waals surface area (Å²) in [6, 6.07) is -0.767. The number of ketones is 1. The molecule has 0 saturated heterocycles. The molecule has 0 aliphatic heterocycles. The zero-order valence-corrected chi connectivity index (χ0v) is 11.4. The second-order valence-corrected chi connectivity index (χ2v) is 4.38. The van der Waals surface area contributed by atoms with Gasteiger partial charge in [0.1, 0.15) is 11.8 Å². The molecule has 0 heterocycles. The Labute approximate surface area is 107 Å². The molecule has 6 heteroatoms. The van der Waals surface area contributed by atoms with Gasteiger partial charge in [0, 0.05) is 6.42 Å². The number of amides is 1. The number of rotatable bonds is 8. The zero-order valence-electron chi connectivity index (χ0n) is 11.4. The highest BCUT2D eigenvalue weighted by atomic mass is 16.5. The largest absolute Gasteiger partial charge is 0.461 e. The molecular formula is C12H22N2O4. The zero-order chi connectivity index (χ0) is 14.1. The first kappa shape index (κ1) is 16.6. The van der Waals surface area contributed by atoms with Crippen LogP contribution in [0.1, 0.15) is 33.6 Å². The fraction of sp³-hybridized carbons (Fsp3) is 0.750. The standard InChI is InChI=1S/C12H22N2O4/c1-8(2)18-12(17)10(6-5-9(3)15)14-11(16)7-13-4/h8,10,13H,5-7H2,1-4H3,(H,14,16). The summed E-state index contributed by atoms with van der Waals surface area (Å²) >= 11 is 0. The maximum atomic E-state index is 11.7. The highest BCUT2D eigenvalue weighted by Gasteiger charge is 2.23. The van der Waals surface area contributed by atoms with E-state index in [2.05, 4.69) is 10.6 Å². The van der Waals surface area contributed by atoms with Crippen molar-refractivity contribution in [1.29, 1.82) is 0 Å². The summed E-state index contributed by atoms with van der Waals surface area (Å²) in [6.45, 7) is 5.02. The van der Waals surface area contributed by atoms with E-state index in [9.17, 15) is 14.4 Å². The lowest BCUT2D eigenvalue weighted by molar-refractivity contribution is -0.151. The quantitative estimate of drug-likeness (QED) is 0.599. The Bertz CT molecular complexity index is 302. The molecule has 0 aromatic heterocycles. The lowest BCUT2D eigenvalue weighted by atomic mass is 10.1. The summed E-state index contributed by atoms with van der Waals surface area (Å²) in [5, 5.41) is 5.24. The van der Waals surface area contributed by atoms with Crippen molar-refractivity contribution in [2.24, 2.45) is 0 Å². The van der Waals surface area contributed by atoms with Crippen LogP contribution in [0, 0.1) is 0 Å². The third-order valence-electron chi connectivity index (χ3n) is 2.09. The Morgan fingerprint density at radius 3 is 2.28 bits per heavy atom. The lowest BCUT2D eigenvalue weighted by Gasteiger charge is -2.18. The maximum Gasteiger partial charge on any atom is 0.328 e. The first-order chi connectivity index (χ1) is 8.36. The van der Waals surface area contributed by atoms with E-state index >= 15 is 0 Å². The fourth-order valence-electron chi connectivity index (χ4n) is 1.32. The van der Waals surface area contributed by atoms with Gasteiger partial charge in [0.2, 0.25) is 5.91 Å². The van der Waals surface area contributed by atoms with Crippen molar-refractivity contribution >= 4 is 17.7 Å². The summed E-state index contributed by atoms with van der Waals surface area (Å²) in [7, 11) is 1.64. The molecule has 6 nitrogen and oxygen atoms in total. The van der Waals surface area contributed by atoms with Gasteiger partial charge in [-0.2, -0.15) is 0 Å². The number of hydrogen-bond donors (Lipinski definition) is 2. The van der Waals surface area contributed by atoms with Gasteiger partial charge in [-0.25, -0.2) is 4.79 Å². The summed E-state index contributed by atoms with van der Waals surface area (Å²) < 4.78 is 5.04. The van der Waals surface area contributed by atoms with E-state index < -0.39 is 12.0 Å². The van der Waals surface area contributed by atoms with E-state index in [-0.39, 0.29) is 37.2 Å². The number of hydrogen-bond acceptors (Lipinski definition) is 5. The van der Waals surface area contributed by atoms with Crippen molar-refractivity contribution in [2.45, 2.75) is 45.8 Å². The molecule has 18 heavy (non-hydrogen) atoms. The average molecular weight is 258 g/mol. The SMILES string of the molecule is CNCC(=O)NC(CCC(C)=O)C(=O)OC(C)C. The van der Waals surface area contributed by atoms with Crippen molar-refractivity contribution < 1.29 is 19.1 Å². The number of nitrogens with one attached hydrogen (secondary N) is 2. The molecule has 0 radical (unpaired) electrons. The van der Waals surface area contributed by atoms with E-state index in [4.69, 9.17) is 4.74 Å². The van der Waals surface area contributed by atoms with Crippen LogP contribution in [0.5, 0.6) is 0 Å². The maximum absolute atomic E-state index is 11.7. The van der Waals surface area contributed by atoms with E-state index in [0.29, 0.717) is 0 Å². The van der Waals surface area contributed by atoms with Gasteiger partial charge in [-0.05, 0) is 34.2 Å². The molecule has 0 aromatic rings. The van der Waals surface area contributed by atoms with Crippen LogP contribution in [0.2, 0.25) is 0 Å². The number of likely N-dealkylation sites (N-methyl/N-ethyl adjacent to an activating group) is 1. The Morgan fingerprint density at radius 2 is 1.83 bits per heavy atom. The topological polar surface area (TPSA) is 84.5 Å². The van der Waals surface area contributed by atoms with Gasteiger partial charge in [0.05, 0.1) is 12.6 Å². The van der Waals surface area contributed by atoms with Gasteiger partial charge in [0.15, 0.2) is 0 Å². The molecule has 1 amide bonds. The molecule has 1 atom stereocenters. The molecule has 0 aliphatic carbocycles. The molecule has 0 fully saturated rings. The third kappa shape index (κ3) is 7.78. The predicted molar refractivity (Wildman–Crippen MR) is 67.0 cm³/mol. The summed E-state index contributed by atoms with van der Waals surface area (Å²) in [6.07, 6.45) is 0.243. The Hall–Kier alpha value is -1.43. The van der Waals surface area contributed by atoms with Crippen LogP contribution < -0.4 is 10.6 Å².